The van der Waals surface area contributed by atoms with Gasteiger partial charge in [0.15, 0.2) is 0 Å². The number of carboxylic acid groups (broad SMARTS) is 1. The molecule has 0 fully saturated rings. The number of carbonyl (C=O) groups is 1. The van der Waals surface area contributed by atoms with Gasteiger partial charge in [0.1, 0.15) is 23.1 Å². The maximum atomic E-state index is 13.1. The van der Waals surface area contributed by atoms with Gasteiger partial charge in [-0.15, -0.1) is 0 Å². The largest absolute Gasteiger partial charge is 0.478 e. The maximum Gasteiger partial charge on any atom is 0.328 e. The zero-order valence-corrected chi connectivity index (χ0v) is 11.1. The summed E-state index contributed by atoms with van der Waals surface area (Å²) < 4.78 is 31.5. The number of rotatable bonds is 4. The van der Waals surface area contributed by atoms with Crippen LogP contribution in [-0.4, -0.2) is 11.1 Å². The number of halogens is 2. The van der Waals surface area contributed by atoms with Crippen molar-refractivity contribution in [2.75, 3.05) is 0 Å². The third-order valence-electron chi connectivity index (χ3n) is 2.72. The van der Waals surface area contributed by atoms with Gasteiger partial charge in [0.05, 0.1) is 0 Å². The fourth-order valence-corrected chi connectivity index (χ4v) is 1.78. The van der Waals surface area contributed by atoms with Gasteiger partial charge in [0.25, 0.3) is 0 Å². The Hall–Kier alpha value is -2.69. The number of ether oxygens (including phenoxy) is 1. The second kappa shape index (κ2) is 6.17. The summed E-state index contributed by atoms with van der Waals surface area (Å²) in [6.07, 6.45) is 2.49. The summed E-state index contributed by atoms with van der Waals surface area (Å²) in [5.74, 6) is -2.01. The van der Waals surface area contributed by atoms with Crippen LogP contribution < -0.4 is 4.74 Å². The average Bonchev–Trinajstić information content (AvgIpc) is 2.36. The Morgan fingerprint density at radius 1 is 1.10 bits per heavy atom. The monoisotopic (exact) mass is 290 g/mol. The number of hydrogen-bond acceptors (Lipinski definition) is 2. The van der Waals surface area contributed by atoms with E-state index in [0.29, 0.717) is 5.75 Å². The van der Waals surface area contributed by atoms with E-state index in [1.807, 2.05) is 0 Å². The van der Waals surface area contributed by atoms with Gasteiger partial charge in [-0.25, -0.2) is 13.6 Å². The smallest absolute Gasteiger partial charge is 0.328 e. The Bertz CT molecular complexity index is 688. The van der Waals surface area contributed by atoms with Crippen LogP contribution in [0, 0.1) is 18.6 Å². The molecule has 21 heavy (non-hydrogen) atoms. The maximum absolute atomic E-state index is 13.1. The SMILES string of the molecule is Cc1cc(Oc2cc(F)cc(F)c2)ccc1C=CC(=O)O. The highest BCUT2D eigenvalue weighted by molar-refractivity contribution is 5.85. The molecule has 2 aromatic carbocycles. The average molecular weight is 290 g/mol. The van der Waals surface area contributed by atoms with Crippen LogP contribution in [0.25, 0.3) is 6.08 Å². The van der Waals surface area contributed by atoms with Crippen molar-refractivity contribution in [2.24, 2.45) is 0 Å². The van der Waals surface area contributed by atoms with E-state index in [0.717, 1.165) is 35.4 Å². The van der Waals surface area contributed by atoms with Crippen molar-refractivity contribution < 1.29 is 23.4 Å². The second-order valence-electron chi connectivity index (χ2n) is 4.40. The first-order valence-electron chi connectivity index (χ1n) is 6.09. The van der Waals surface area contributed by atoms with Gasteiger partial charge in [0.2, 0.25) is 0 Å². The van der Waals surface area contributed by atoms with Gasteiger partial charge in [-0.3, -0.25) is 0 Å². The summed E-state index contributed by atoms with van der Waals surface area (Å²) in [5.41, 5.74) is 1.50. The molecular weight excluding hydrogens is 278 g/mol. The lowest BCUT2D eigenvalue weighted by Crippen LogP contribution is -1.90. The molecule has 0 spiro atoms. The number of aryl methyl sites for hydroxylation is 1. The number of benzene rings is 2. The molecule has 0 heterocycles. The van der Waals surface area contributed by atoms with Gasteiger partial charge in [-0.1, -0.05) is 6.07 Å². The first-order chi connectivity index (χ1) is 9.94. The molecule has 0 aliphatic carbocycles. The van der Waals surface area contributed by atoms with Crippen LogP contribution in [0.1, 0.15) is 11.1 Å². The lowest BCUT2D eigenvalue weighted by atomic mass is 10.1. The Morgan fingerprint density at radius 2 is 1.76 bits per heavy atom. The summed E-state index contributed by atoms with van der Waals surface area (Å²) in [4.78, 5) is 10.5. The quantitative estimate of drug-likeness (QED) is 0.860. The molecule has 5 heteroatoms. The Labute approximate surface area is 120 Å². The van der Waals surface area contributed by atoms with Crippen LogP contribution >= 0.6 is 0 Å². The van der Waals surface area contributed by atoms with E-state index in [1.54, 1.807) is 25.1 Å². The van der Waals surface area contributed by atoms with E-state index in [9.17, 15) is 13.6 Å². The minimum absolute atomic E-state index is 0.0562. The highest BCUT2D eigenvalue weighted by Gasteiger charge is 2.04. The summed E-state index contributed by atoms with van der Waals surface area (Å²) >= 11 is 0. The molecular formula is C16H12F2O3. The van der Waals surface area contributed by atoms with Gasteiger partial charge >= 0.3 is 5.97 Å². The van der Waals surface area contributed by atoms with Crippen molar-refractivity contribution in [1.82, 2.24) is 0 Å². The Balaban J connectivity index is 2.22. The van der Waals surface area contributed by atoms with Crippen LogP contribution in [0.15, 0.2) is 42.5 Å². The number of aliphatic carboxylic acids is 1. The highest BCUT2D eigenvalue weighted by atomic mass is 19.1. The van der Waals surface area contributed by atoms with Crippen molar-refractivity contribution in [1.29, 1.82) is 0 Å². The minimum Gasteiger partial charge on any atom is -0.478 e. The molecule has 0 unspecified atom stereocenters. The van der Waals surface area contributed by atoms with Crippen LogP contribution in [0.5, 0.6) is 11.5 Å². The van der Waals surface area contributed by atoms with E-state index >= 15 is 0 Å². The summed E-state index contributed by atoms with van der Waals surface area (Å²) in [6, 6.07) is 7.84. The van der Waals surface area contributed by atoms with Crippen molar-refractivity contribution >= 4 is 12.0 Å². The fraction of sp³-hybridized carbons (Fsp3) is 0.0625. The Kier molecular flexibility index (Phi) is 4.33. The molecule has 0 atom stereocenters. The van der Waals surface area contributed by atoms with E-state index in [-0.39, 0.29) is 5.75 Å². The summed E-state index contributed by atoms with van der Waals surface area (Å²) in [7, 11) is 0. The second-order valence-corrected chi connectivity index (χ2v) is 4.40. The molecule has 0 radical (unpaired) electrons. The van der Waals surface area contributed by atoms with Crippen molar-refractivity contribution in [3.05, 3.63) is 65.2 Å². The number of hydrogen-bond donors (Lipinski definition) is 1. The topological polar surface area (TPSA) is 46.5 Å². The van der Waals surface area contributed by atoms with Crippen molar-refractivity contribution in [2.45, 2.75) is 6.92 Å². The van der Waals surface area contributed by atoms with E-state index in [4.69, 9.17) is 9.84 Å². The molecule has 0 aliphatic heterocycles. The normalized spacial score (nSPS) is 10.8. The van der Waals surface area contributed by atoms with Crippen molar-refractivity contribution in [3.63, 3.8) is 0 Å². The predicted molar refractivity (Wildman–Crippen MR) is 74.3 cm³/mol. The zero-order valence-electron chi connectivity index (χ0n) is 11.1. The van der Waals surface area contributed by atoms with Gasteiger partial charge in [0, 0.05) is 24.3 Å². The molecule has 1 N–H and O–H groups in total. The van der Waals surface area contributed by atoms with Crippen LogP contribution in [-0.2, 0) is 4.79 Å². The number of carboxylic acids is 1. The third kappa shape index (κ3) is 4.14. The first kappa shape index (κ1) is 14.7. The molecule has 0 amide bonds. The molecule has 0 aliphatic rings. The lowest BCUT2D eigenvalue weighted by Gasteiger charge is -2.08. The van der Waals surface area contributed by atoms with E-state index in [1.165, 1.54) is 6.08 Å². The van der Waals surface area contributed by atoms with E-state index in [2.05, 4.69) is 0 Å². The zero-order chi connectivity index (χ0) is 15.4. The predicted octanol–water partition coefficient (Wildman–Crippen LogP) is 4.16. The molecule has 0 aromatic heterocycles. The molecule has 0 saturated heterocycles. The van der Waals surface area contributed by atoms with E-state index < -0.39 is 17.6 Å². The molecule has 2 rings (SSSR count). The Morgan fingerprint density at radius 3 is 2.33 bits per heavy atom. The van der Waals surface area contributed by atoms with Gasteiger partial charge < -0.3 is 9.84 Å². The molecule has 108 valence electrons. The lowest BCUT2D eigenvalue weighted by molar-refractivity contribution is -0.131. The fourth-order valence-electron chi connectivity index (χ4n) is 1.78. The minimum atomic E-state index is -1.04. The third-order valence-corrected chi connectivity index (χ3v) is 2.72. The summed E-state index contributed by atoms with van der Waals surface area (Å²) in [6.45, 7) is 1.78. The first-order valence-corrected chi connectivity index (χ1v) is 6.09. The molecule has 0 bridgehead atoms. The standard InChI is InChI=1S/C16H12F2O3/c1-10-6-14(4-2-11(10)3-5-16(19)20)21-15-8-12(17)7-13(18)9-15/h2-9H,1H3,(H,19,20). The highest BCUT2D eigenvalue weighted by Crippen LogP contribution is 2.25. The molecule has 0 saturated carbocycles. The van der Waals surface area contributed by atoms with Gasteiger partial charge in [-0.05, 0) is 36.3 Å². The van der Waals surface area contributed by atoms with Crippen LogP contribution in [0.4, 0.5) is 8.78 Å². The summed E-state index contributed by atoms with van der Waals surface area (Å²) in [5, 5.41) is 8.58. The van der Waals surface area contributed by atoms with Gasteiger partial charge in [-0.2, -0.15) is 0 Å². The van der Waals surface area contributed by atoms with Crippen molar-refractivity contribution in [3.8, 4) is 11.5 Å². The molecule has 2 aromatic rings. The van der Waals surface area contributed by atoms with Crippen LogP contribution in [0.2, 0.25) is 0 Å². The molecule has 3 nitrogen and oxygen atoms in total. The van der Waals surface area contributed by atoms with Crippen LogP contribution in [0.3, 0.4) is 0 Å².